The van der Waals surface area contributed by atoms with Crippen LogP contribution in [0.1, 0.15) is 38.5 Å². The molecule has 0 radical (unpaired) electrons. The van der Waals surface area contributed by atoms with Crippen LogP contribution in [0.5, 0.6) is 0 Å². The van der Waals surface area contributed by atoms with Crippen LogP contribution in [0.4, 0.5) is 0 Å². The molecule has 2 aliphatic rings. The Labute approximate surface area is 131 Å². The summed E-state index contributed by atoms with van der Waals surface area (Å²) in [6, 6.07) is 4.34. The maximum absolute atomic E-state index is 12.3. The summed E-state index contributed by atoms with van der Waals surface area (Å²) in [6.45, 7) is 2.04. The van der Waals surface area contributed by atoms with Gasteiger partial charge in [0.1, 0.15) is 0 Å². The van der Waals surface area contributed by atoms with E-state index < -0.39 is 0 Å². The molecular formula is C17H25N3O2. The predicted molar refractivity (Wildman–Crippen MR) is 84.1 cm³/mol. The zero-order chi connectivity index (χ0) is 15.4. The van der Waals surface area contributed by atoms with Gasteiger partial charge >= 0.3 is 0 Å². The Kier molecular flexibility index (Phi) is 4.80. The molecule has 1 aromatic heterocycles. The van der Waals surface area contributed by atoms with Crippen molar-refractivity contribution in [1.29, 1.82) is 0 Å². The van der Waals surface area contributed by atoms with Crippen LogP contribution in [-0.2, 0) is 16.1 Å². The SMILES string of the molecule is O=C(NCCn1cccc1)[C@H]1CCC(=O)N(C2CCCC2)C1. The Balaban J connectivity index is 1.48. The molecule has 5 nitrogen and oxygen atoms in total. The molecule has 2 heterocycles. The van der Waals surface area contributed by atoms with Gasteiger partial charge in [0, 0.05) is 44.5 Å². The number of likely N-dealkylation sites (tertiary alicyclic amines) is 1. The van der Waals surface area contributed by atoms with Gasteiger partial charge in [0.25, 0.3) is 0 Å². The van der Waals surface area contributed by atoms with Crippen LogP contribution >= 0.6 is 0 Å². The Hall–Kier alpha value is -1.78. The van der Waals surface area contributed by atoms with Gasteiger partial charge in [0.15, 0.2) is 0 Å². The minimum Gasteiger partial charge on any atom is -0.354 e. The van der Waals surface area contributed by atoms with Crippen LogP contribution in [0.15, 0.2) is 24.5 Å². The fourth-order valence-corrected chi connectivity index (χ4v) is 3.63. The third-order valence-electron chi connectivity index (χ3n) is 4.92. The van der Waals surface area contributed by atoms with Crippen LogP contribution in [0.2, 0.25) is 0 Å². The Bertz CT molecular complexity index is 506. The highest BCUT2D eigenvalue weighted by molar-refractivity contribution is 5.84. The number of piperidine rings is 1. The highest BCUT2D eigenvalue weighted by Crippen LogP contribution is 2.28. The van der Waals surface area contributed by atoms with Crippen molar-refractivity contribution < 1.29 is 9.59 Å². The monoisotopic (exact) mass is 303 g/mol. The molecule has 0 unspecified atom stereocenters. The second-order valence-electron chi connectivity index (χ2n) is 6.43. The summed E-state index contributed by atoms with van der Waals surface area (Å²) in [6.07, 6.45) is 9.83. The van der Waals surface area contributed by atoms with Gasteiger partial charge < -0.3 is 14.8 Å². The lowest BCUT2D eigenvalue weighted by Gasteiger charge is -2.36. The first-order valence-corrected chi connectivity index (χ1v) is 8.42. The number of carbonyl (C=O) groups excluding carboxylic acids is 2. The lowest BCUT2D eigenvalue weighted by atomic mass is 9.95. The summed E-state index contributed by atoms with van der Waals surface area (Å²) in [5.41, 5.74) is 0. The molecule has 2 amide bonds. The van der Waals surface area contributed by atoms with E-state index >= 15 is 0 Å². The van der Waals surface area contributed by atoms with Crippen molar-refractivity contribution in [2.75, 3.05) is 13.1 Å². The second-order valence-corrected chi connectivity index (χ2v) is 6.43. The van der Waals surface area contributed by atoms with Crippen LogP contribution in [0, 0.1) is 5.92 Å². The van der Waals surface area contributed by atoms with E-state index in [4.69, 9.17) is 0 Å². The van der Waals surface area contributed by atoms with Gasteiger partial charge in [0.05, 0.1) is 5.92 Å². The summed E-state index contributed by atoms with van der Waals surface area (Å²) in [5, 5.41) is 3.02. The van der Waals surface area contributed by atoms with E-state index in [1.165, 1.54) is 12.8 Å². The van der Waals surface area contributed by atoms with Crippen LogP contribution in [0.25, 0.3) is 0 Å². The van der Waals surface area contributed by atoms with Crippen molar-refractivity contribution in [2.24, 2.45) is 5.92 Å². The molecule has 22 heavy (non-hydrogen) atoms. The maximum Gasteiger partial charge on any atom is 0.224 e. The fourth-order valence-electron chi connectivity index (χ4n) is 3.63. The molecule has 1 atom stereocenters. The average Bonchev–Trinajstić information content (AvgIpc) is 3.21. The number of hydrogen-bond acceptors (Lipinski definition) is 2. The van der Waals surface area contributed by atoms with Crippen LogP contribution in [0.3, 0.4) is 0 Å². The molecule has 5 heteroatoms. The number of carbonyl (C=O) groups is 2. The zero-order valence-corrected chi connectivity index (χ0v) is 13.0. The van der Waals surface area contributed by atoms with Gasteiger partial charge in [-0.25, -0.2) is 0 Å². The van der Waals surface area contributed by atoms with Crippen molar-refractivity contribution >= 4 is 11.8 Å². The molecule has 120 valence electrons. The van der Waals surface area contributed by atoms with Crippen molar-refractivity contribution in [3.8, 4) is 0 Å². The molecule has 0 bridgehead atoms. The van der Waals surface area contributed by atoms with Gasteiger partial charge in [-0.1, -0.05) is 12.8 Å². The molecule has 1 saturated carbocycles. The quantitative estimate of drug-likeness (QED) is 0.901. The molecule has 0 aromatic carbocycles. The Morgan fingerprint density at radius 2 is 1.91 bits per heavy atom. The largest absolute Gasteiger partial charge is 0.354 e. The van der Waals surface area contributed by atoms with Gasteiger partial charge in [0.2, 0.25) is 11.8 Å². The summed E-state index contributed by atoms with van der Waals surface area (Å²) in [4.78, 5) is 26.4. The lowest BCUT2D eigenvalue weighted by molar-refractivity contribution is -0.140. The molecule has 1 N–H and O–H groups in total. The molecular weight excluding hydrogens is 278 g/mol. The third-order valence-corrected chi connectivity index (χ3v) is 4.92. The zero-order valence-electron chi connectivity index (χ0n) is 13.0. The molecule has 1 aromatic rings. The first kappa shape index (κ1) is 15.1. The van der Waals surface area contributed by atoms with E-state index in [1.54, 1.807) is 0 Å². The minimum absolute atomic E-state index is 0.0389. The highest BCUT2D eigenvalue weighted by Gasteiger charge is 2.34. The number of rotatable bonds is 5. The van der Waals surface area contributed by atoms with Crippen LogP contribution < -0.4 is 5.32 Å². The Morgan fingerprint density at radius 1 is 1.18 bits per heavy atom. The first-order chi connectivity index (χ1) is 10.7. The standard InChI is InChI=1S/C17H25N3O2/c21-16-8-7-14(13-20(16)15-5-1-2-6-15)17(22)18-9-12-19-10-3-4-11-19/h3-4,10-11,14-15H,1-2,5-9,12-13H2,(H,18,22)/t14-/m0/s1. The molecule has 1 saturated heterocycles. The van der Waals surface area contributed by atoms with Crippen molar-refractivity contribution in [3.63, 3.8) is 0 Å². The average molecular weight is 303 g/mol. The molecule has 2 fully saturated rings. The highest BCUT2D eigenvalue weighted by atomic mass is 16.2. The number of hydrogen-bond donors (Lipinski definition) is 1. The third kappa shape index (κ3) is 3.51. The smallest absolute Gasteiger partial charge is 0.224 e. The van der Waals surface area contributed by atoms with E-state index in [9.17, 15) is 9.59 Å². The lowest BCUT2D eigenvalue weighted by Crippen LogP contribution is -2.49. The van der Waals surface area contributed by atoms with E-state index in [0.29, 0.717) is 32.0 Å². The molecule has 3 rings (SSSR count). The topological polar surface area (TPSA) is 54.3 Å². The summed E-state index contributed by atoms with van der Waals surface area (Å²) in [7, 11) is 0. The van der Waals surface area contributed by atoms with Crippen LogP contribution in [-0.4, -0.2) is 40.4 Å². The van der Waals surface area contributed by atoms with Gasteiger partial charge in [-0.2, -0.15) is 0 Å². The van der Waals surface area contributed by atoms with E-state index in [0.717, 1.165) is 19.4 Å². The minimum atomic E-state index is -0.0389. The van der Waals surface area contributed by atoms with E-state index in [-0.39, 0.29) is 17.7 Å². The maximum atomic E-state index is 12.3. The van der Waals surface area contributed by atoms with Gasteiger partial charge in [-0.3, -0.25) is 9.59 Å². The second kappa shape index (κ2) is 6.99. The van der Waals surface area contributed by atoms with E-state index in [2.05, 4.69) is 9.88 Å². The summed E-state index contributed by atoms with van der Waals surface area (Å²) >= 11 is 0. The molecule has 1 aliphatic carbocycles. The van der Waals surface area contributed by atoms with Crippen molar-refractivity contribution in [1.82, 2.24) is 14.8 Å². The molecule has 0 spiro atoms. The number of nitrogens with zero attached hydrogens (tertiary/aromatic N) is 2. The Morgan fingerprint density at radius 3 is 2.64 bits per heavy atom. The van der Waals surface area contributed by atoms with Crippen molar-refractivity contribution in [3.05, 3.63) is 24.5 Å². The number of nitrogens with one attached hydrogen (secondary N) is 1. The van der Waals surface area contributed by atoms with Gasteiger partial charge in [-0.15, -0.1) is 0 Å². The fraction of sp³-hybridized carbons (Fsp3) is 0.647. The van der Waals surface area contributed by atoms with E-state index in [1.807, 2.05) is 29.4 Å². The number of aromatic nitrogens is 1. The first-order valence-electron chi connectivity index (χ1n) is 8.42. The summed E-state index contributed by atoms with van der Waals surface area (Å²) < 4.78 is 2.05. The normalized spacial score (nSPS) is 23.0. The summed E-state index contributed by atoms with van der Waals surface area (Å²) in [5.74, 6) is 0.300. The number of amides is 2. The molecule has 1 aliphatic heterocycles. The van der Waals surface area contributed by atoms with Crippen molar-refractivity contribution in [2.45, 2.75) is 51.1 Å². The van der Waals surface area contributed by atoms with Gasteiger partial charge in [-0.05, 0) is 31.4 Å². The predicted octanol–water partition coefficient (Wildman–Crippen LogP) is 1.79.